The molecule has 1 fully saturated rings. The van der Waals surface area contributed by atoms with E-state index in [2.05, 4.69) is 10.6 Å². The van der Waals surface area contributed by atoms with Crippen LogP contribution in [0, 0.1) is 10.1 Å². The second kappa shape index (κ2) is 8.81. The van der Waals surface area contributed by atoms with Crippen LogP contribution in [0.15, 0.2) is 42.5 Å². The average Bonchev–Trinajstić information content (AvgIpc) is 2.68. The molecular formula is C19H18ClN3O5. The van der Waals surface area contributed by atoms with E-state index in [0.717, 1.165) is 18.9 Å². The second-order valence-corrected chi connectivity index (χ2v) is 6.72. The topological polar surface area (TPSA) is 111 Å². The summed E-state index contributed by atoms with van der Waals surface area (Å²) < 4.78 is 5.36. The molecule has 3 rings (SSSR count). The number of nitrogens with one attached hydrogen (secondary N) is 2. The highest BCUT2D eigenvalue weighted by atomic mass is 35.5. The van der Waals surface area contributed by atoms with Gasteiger partial charge < -0.3 is 15.4 Å². The maximum atomic E-state index is 12.6. The lowest BCUT2D eigenvalue weighted by Gasteiger charge is -2.23. The molecule has 28 heavy (non-hydrogen) atoms. The van der Waals surface area contributed by atoms with Gasteiger partial charge in [0.05, 0.1) is 39.4 Å². The fourth-order valence-electron chi connectivity index (χ4n) is 2.90. The first kappa shape index (κ1) is 19.8. The summed E-state index contributed by atoms with van der Waals surface area (Å²) in [5.41, 5.74) is 0.481. The lowest BCUT2D eigenvalue weighted by atomic mass is 10.1. The van der Waals surface area contributed by atoms with Gasteiger partial charge in [0, 0.05) is 18.7 Å². The van der Waals surface area contributed by atoms with E-state index in [4.69, 9.17) is 16.3 Å². The Kier molecular flexibility index (Phi) is 6.23. The molecule has 1 unspecified atom stereocenters. The van der Waals surface area contributed by atoms with Crippen molar-refractivity contribution < 1.29 is 19.2 Å². The van der Waals surface area contributed by atoms with Gasteiger partial charge in [0.2, 0.25) is 0 Å². The molecule has 0 aromatic heterocycles. The van der Waals surface area contributed by atoms with E-state index in [9.17, 15) is 19.7 Å². The Hall–Kier alpha value is -2.97. The Bertz CT molecular complexity index is 912. The molecule has 1 aliphatic rings. The zero-order valence-electron chi connectivity index (χ0n) is 14.8. The van der Waals surface area contributed by atoms with E-state index in [-0.39, 0.29) is 28.2 Å². The van der Waals surface area contributed by atoms with E-state index in [1.165, 1.54) is 12.1 Å². The van der Waals surface area contributed by atoms with Crippen molar-refractivity contribution in [2.24, 2.45) is 0 Å². The fourth-order valence-corrected chi connectivity index (χ4v) is 3.16. The summed E-state index contributed by atoms with van der Waals surface area (Å²) >= 11 is 6.01. The summed E-state index contributed by atoms with van der Waals surface area (Å²) in [4.78, 5) is 35.4. The van der Waals surface area contributed by atoms with Gasteiger partial charge in [0.15, 0.2) is 0 Å². The molecule has 0 bridgehead atoms. The van der Waals surface area contributed by atoms with Crippen molar-refractivity contribution in [1.82, 2.24) is 5.32 Å². The zero-order chi connectivity index (χ0) is 20.1. The van der Waals surface area contributed by atoms with E-state index in [1.54, 1.807) is 24.3 Å². The van der Waals surface area contributed by atoms with Gasteiger partial charge in [-0.05, 0) is 31.0 Å². The molecule has 146 valence electrons. The first-order valence-corrected chi connectivity index (χ1v) is 9.06. The summed E-state index contributed by atoms with van der Waals surface area (Å²) in [6.45, 7) is 1.15. The van der Waals surface area contributed by atoms with Gasteiger partial charge in [-0.25, -0.2) is 0 Å². The number of benzene rings is 2. The molecule has 1 aliphatic heterocycles. The van der Waals surface area contributed by atoms with Crippen LogP contribution in [-0.2, 0) is 4.74 Å². The van der Waals surface area contributed by atoms with Crippen molar-refractivity contribution >= 4 is 34.8 Å². The van der Waals surface area contributed by atoms with Gasteiger partial charge in [-0.1, -0.05) is 23.7 Å². The van der Waals surface area contributed by atoms with Crippen LogP contribution in [0.2, 0.25) is 5.02 Å². The molecule has 2 N–H and O–H groups in total. The minimum absolute atomic E-state index is 0.0482. The van der Waals surface area contributed by atoms with E-state index in [1.807, 2.05) is 0 Å². The molecule has 2 aromatic carbocycles. The molecule has 1 saturated heterocycles. The summed E-state index contributed by atoms with van der Waals surface area (Å²) in [6, 6.07) is 10.1. The minimum Gasteiger partial charge on any atom is -0.379 e. The standard InChI is InChI=1S/C19H18ClN3O5/c20-16-10-13(23(26)27)7-8-14(16)18(24)22-17-6-2-1-5-15(17)19(25)21-12-4-3-9-28-11-12/h1-2,5-8,10,12H,3-4,9,11H2,(H,21,25)(H,22,24). The van der Waals surface area contributed by atoms with Crippen LogP contribution in [0.3, 0.4) is 0 Å². The number of halogens is 1. The smallest absolute Gasteiger partial charge is 0.270 e. The quantitative estimate of drug-likeness (QED) is 0.587. The SMILES string of the molecule is O=C(Nc1ccccc1C(=O)NC1CCCOC1)c1ccc([N+](=O)[O-])cc1Cl. The van der Waals surface area contributed by atoms with Crippen molar-refractivity contribution in [3.8, 4) is 0 Å². The van der Waals surface area contributed by atoms with Crippen LogP contribution in [0.5, 0.6) is 0 Å². The van der Waals surface area contributed by atoms with Crippen LogP contribution in [0.25, 0.3) is 0 Å². The number of rotatable bonds is 5. The molecule has 0 spiro atoms. The molecule has 8 nitrogen and oxygen atoms in total. The van der Waals surface area contributed by atoms with Crippen molar-refractivity contribution in [2.45, 2.75) is 18.9 Å². The maximum Gasteiger partial charge on any atom is 0.270 e. The number of carbonyl (C=O) groups excluding carboxylic acids is 2. The number of amides is 2. The highest BCUT2D eigenvalue weighted by molar-refractivity contribution is 6.34. The van der Waals surface area contributed by atoms with Gasteiger partial charge in [0.25, 0.3) is 17.5 Å². The average molecular weight is 404 g/mol. The fraction of sp³-hybridized carbons (Fsp3) is 0.263. The number of ether oxygens (including phenoxy) is 1. The van der Waals surface area contributed by atoms with Gasteiger partial charge in [-0.15, -0.1) is 0 Å². The third-order valence-electron chi connectivity index (χ3n) is 4.32. The van der Waals surface area contributed by atoms with E-state index >= 15 is 0 Å². The molecule has 1 atom stereocenters. The van der Waals surface area contributed by atoms with Gasteiger partial charge in [-0.3, -0.25) is 19.7 Å². The Morgan fingerprint density at radius 2 is 1.93 bits per heavy atom. The number of carbonyl (C=O) groups is 2. The number of hydrogen-bond donors (Lipinski definition) is 2. The molecule has 2 aromatic rings. The Morgan fingerprint density at radius 1 is 1.14 bits per heavy atom. The number of nitrogens with zero attached hydrogens (tertiary/aromatic N) is 1. The van der Waals surface area contributed by atoms with Gasteiger partial charge in [-0.2, -0.15) is 0 Å². The van der Waals surface area contributed by atoms with Crippen LogP contribution in [0.1, 0.15) is 33.6 Å². The predicted molar refractivity (Wildman–Crippen MR) is 104 cm³/mol. The lowest BCUT2D eigenvalue weighted by Crippen LogP contribution is -2.40. The number of para-hydroxylation sites is 1. The normalized spacial score (nSPS) is 16.2. The van der Waals surface area contributed by atoms with Crippen LogP contribution in [-0.4, -0.2) is 36.0 Å². The largest absolute Gasteiger partial charge is 0.379 e. The Balaban J connectivity index is 1.76. The van der Waals surface area contributed by atoms with Crippen LogP contribution < -0.4 is 10.6 Å². The summed E-state index contributed by atoms with van der Waals surface area (Å²) in [5.74, 6) is -0.887. The highest BCUT2D eigenvalue weighted by Gasteiger charge is 2.21. The molecule has 0 radical (unpaired) electrons. The molecular weight excluding hydrogens is 386 g/mol. The lowest BCUT2D eigenvalue weighted by molar-refractivity contribution is -0.384. The third-order valence-corrected chi connectivity index (χ3v) is 4.64. The second-order valence-electron chi connectivity index (χ2n) is 6.31. The maximum absolute atomic E-state index is 12.6. The van der Waals surface area contributed by atoms with Crippen molar-refractivity contribution in [1.29, 1.82) is 0 Å². The summed E-state index contributed by atoms with van der Waals surface area (Å²) in [5, 5.41) is 16.3. The van der Waals surface area contributed by atoms with Crippen molar-refractivity contribution in [3.05, 3.63) is 68.7 Å². The van der Waals surface area contributed by atoms with Gasteiger partial charge >= 0.3 is 0 Å². The number of nitro benzene ring substituents is 1. The molecule has 0 saturated carbocycles. The Labute approximate surface area is 166 Å². The summed E-state index contributed by atoms with van der Waals surface area (Å²) in [7, 11) is 0. The van der Waals surface area contributed by atoms with Gasteiger partial charge in [0.1, 0.15) is 0 Å². The van der Waals surface area contributed by atoms with Crippen LogP contribution in [0.4, 0.5) is 11.4 Å². The number of non-ortho nitro benzene ring substituents is 1. The third kappa shape index (κ3) is 4.65. The number of anilines is 1. The first-order chi connectivity index (χ1) is 13.5. The molecule has 0 aliphatic carbocycles. The monoisotopic (exact) mass is 403 g/mol. The highest BCUT2D eigenvalue weighted by Crippen LogP contribution is 2.24. The molecule has 2 amide bonds. The molecule has 1 heterocycles. The van der Waals surface area contributed by atoms with Crippen molar-refractivity contribution in [2.75, 3.05) is 18.5 Å². The van der Waals surface area contributed by atoms with E-state index in [0.29, 0.717) is 24.5 Å². The first-order valence-electron chi connectivity index (χ1n) is 8.68. The zero-order valence-corrected chi connectivity index (χ0v) is 15.6. The van der Waals surface area contributed by atoms with E-state index < -0.39 is 10.8 Å². The number of hydrogen-bond acceptors (Lipinski definition) is 5. The number of nitro groups is 1. The Morgan fingerprint density at radius 3 is 2.61 bits per heavy atom. The van der Waals surface area contributed by atoms with Crippen LogP contribution >= 0.6 is 11.6 Å². The summed E-state index contributed by atoms with van der Waals surface area (Å²) in [6.07, 6.45) is 1.71. The predicted octanol–water partition coefficient (Wildman–Crippen LogP) is 3.41. The molecule has 9 heteroatoms. The minimum atomic E-state index is -0.595. The van der Waals surface area contributed by atoms with Crippen molar-refractivity contribution in [3.63, 3.8) is 0 Å².